The van der Waals surface area contributed by atoms with Crippen molar-refractivity contribution in [3.8, 4) is 0 Å². The average molecular weight is 202 g/mol. The molecule has 1 aromatic rings. The molecule has 4 nitrogen and oxygen atoms in total. The minimum atomic E-state index is -0.275. The molecule has 15 heavy (non-hydrogen) atoms. The van der Waals surface area contributed by atoms with Crippen LogP contribution in [0, 0.1) is 0 Å². The van der Waals surface area contributed by atoms with E-state index < -0.39 is 0 Å². The third kappa shape index (κ3) is 1.61. The van der Waals surface area contributed by atoms with Gasteiger partial charge < -0.3 is 10.6 Å². The standard InChI is InChI=1S/C11H10N2O2/c1-2-10(14)13-9-5-3-4-7-8(9)6-12-11(7)15/h2-5H,1,6H2,(H,12,15)(H,13,14). The molecule has 4 heteroatoms. The number of fused-ring (bicyclic) bond motifs is 1. The van der Waals surface area contributed by atoms with Gasteiger partial charge in [-0.15, -0.1) is 0 Å². The average Bonchev–Trinajstić information content (AvgIpc) is 2.62. The summed E-state index contributed by atoms with van der Waals surface area (Å²) in [5.41, 5.74) is 2.12. The summed E-state index contributed by atoms with van der Waals surface area (Å²) in [7, 11) is 0. The van der Waals surface area contributed by atoms with Crippen LogP contribution in [0.15, 0.2) is 30.9 Å². The van der Waals surface area contributed by atoms with Crippen molar-refractivity contribution in [2.45, 2.75) is 6.54 Å². The van der Waals surface area contributed by atoms with E-state index in [-0.39, 0.29) is 11.8 Å². The maximum absolute atomic E-state index is 11.3. The van der Waals surface area contributed by atoms with Gasteiger partial charge in [-0.1, -0.05) is 12.6 Å². The zero-order valence-electron chi connectivity index (χ0n) is 8.04. The smallest absolute Gasteiger partial charge is 0.251 e. The van der Waals surface area contributed by atoms with Gasteiger partial charge in [-0.05, 0) is 18.2 Å². The van der Waals surface area contributed by atoms with Gasteiger partial charge in [0.15, 0.2) is 0 Å². The van der Waals surface area contributed by atoms with E-state index in [0.717, 1.165) is 5.56 Å². The van der Waals surface area contributed by atoms with E-state index in [2.05, 4.69) is 17.2 Å². The van der Waals surface area contributed by atoms with Crippen LogP contribution in [0.5, 0.6) is 0 Å². The Morgan fingerprint density at radius 2 is 2.33 bits per heavy atom. The van der Waals surface area contributed by atoms with E-state index in [0.29, 0.717) is 17.8 Å². The zero-order valence-corrected chi connectivity index (χ0v) is 8.04. The molecule has 0 spiro atoms. The summed E-state index contributed by atoms with van der Waals surface area (Å²) in [4.78, 5) is 22.5. The molecule has 0 aliphatic carbocycles. The van der Waals surface area contributed by atoms with Crippen molar-refractivity contribution in [2.75, 3.05) is 5.32 Å². The van der Waals surface area contributed by atoms with Crippen molar-refractivity contribution in [1.29, 1.82) is 0 Å². The Kier molecular flexibility index (Phi) is 2.25. The third-order valence-electron chi connectivity index (χ3n) is 2.29. The van der Waals surface area contributed by atoms with Crippen molar-refractivity contribution >= 4 is 17.5 Å². The van der Waals surface area contributed by atoms with Crippen LogP contribution in [0.2, 0.25) is 0 Å². The lowest BCUT2D eigenvalue weighted by Gasteiger charge is -2.06. The number of carbonyl (C=O) groups excluding carboxylic acids is 2. The first-order valence-electron chi connectivity index (χ1n) is 4.56. The first kappa shape index (κ1) is 9.45. The molecular weight excluding hydrogens is 192 g/mol. The summed E-state index contributed by atoms with van der Waals surface area (Å²) >= 11 is 0. The van der Waals surface area contributed by atoms with E-state index in [9.17, 15) is 9.59 Å². The molecule has 2 amide bonds. The molecule has 76 valence electrons. The van der Waals surface area contributed by atoms with Gasteiger partial charge in [0.05, 0.1) is 0 Å². The molecule has 0 bridgehead atoms. The van der Waals surface area contributed by atoms with Crippen molar-refractivity contribution in [1.82, 2.24) is 5.32 Å². The van der Waals surface area contributed by atoms with Gasteiger partial charge in [0.25, 0.3) is 5.91 Å². The molecule has 0 saturated heterocycles. The Hall–Kier alpha value is -2.10. The van der Waals surface area contributed by atoms with Crippen LogP contribution >= 0.6 is 0 Å². The molecule has 0 fully saturated rings. The maximum atomic E-state index is 11.3. The van der Waals surface area contributed by atoms with Crippen LogP contribution in [0.3, 0.4) is 0 Å². The molecule has 0 aromatic heterocycles. The number of carbonyl (C=O) groups is 2. The second kappa shape index (κ2) is 3.57. The highest BCUT2D eigenvalue weighted by molar-refractivity contribution is 6.04. The van der Waals surface area contributed by atoms with Crippen LogP contribution in [0.25, 0.3) is 0 Å². The van der Waals surface area contributed by atoms with Gasteiger partial charge >= 0.3 is 0 Å². The number of anilines is 1. The molecule has 1 aliphatic rings. The Bertz CT molecular complexity index is 452. The monoisotopic (exact) mass is 202 g/mol. The predicted octanol–water partition coefficient (Wildman–Crippen LogP) is 1.05. The second-order valence-electron chi connectivity index (χ2n) is 3.21. The fourth-order valence-corrected chi connectivity index (χ4v) is 1.55. The van der Waals surface area contributed by atoms with Crippen molar-refractivity contribution in [2.24, 2.45) is 0 Å². The van der Waals surface area contributed by atoms with E-state index in [4.69, 9.17) is 0 Å². The molecule has 0 radical (unpaired) electrons. The third-order valence-corrected chi connectivity index (χ3v) is 2.29. The summed E-state index contributed by atoms with van der Waals surface area (Å²) in [6, 6.07) is 5.24. The van der Waals surface area contributed by atoms with Gasteiger partial charge in [-0.3, -0.25) is 9.59 Å². The van der Waals surface area contributed by atoms with Crippen LogP contribution < -0.4 is 10.6 Å². The molecule has 2 rings (SSSR count). The van der Waals surface area contributed by atoms with Crippen molar-refractivity contribution < 1.29 is 9.59 Å². The topological polar surface area (TPSA) is 58.2 Å². The minimum Gasteiger partial charge on any atom is -0.348 e. The van der Waals surface area contributed by atoms with E-state index in [1.807, 2.05) is 0 Å². The number of benzene rings is 1. The summed E-state index contributed by atoms with van der Waals surface area (Å²) < 4.78 is 0. The van der Waals surface area contributed by atoms with Crippen molar-refractivity contribution in [3.63, 3.8) is 0 Å². The Morgan fingerprint density at radius 1 is 1.53 bits per heavy atom. The normalized spacial score (nSPS) is 12.9. The molecule has 0 atom stereocenters. The van der Waals surface area contributed by atoms with Gasteiger partial charge in [0.2, 0.25) is 5.91 Å². The zero-order chi connectivity index (χ0) is 10.8. The Labute approximate surface area is 87.0 Å². The van der Waals surface area contributed by atoms with Gasteiger partial charge in [0, 0.05) is 23.4 Å². The molecule has 0 saturated carbocycles. The van der Waals surface area contributed by atoms with Crippen molar-refractivity contribution in [3.05, 3.63) is 42.0 Å². The Balaban J connectivity index is 2.38. The number of nitrogens with one attached hydrogen (secondary N) is 2. The van der Waals surface area contributed by atoms with E-state index in [1.165, 1.54) is 6.08 Å². The summed E-state index contributed by atoms with van der Waals surface area (Å²) in [5, 5.41) is 5.36. The second-order valence-corrected chi connectivity index (χ2v) is 3.21. The molecule has 2 N–H and O–H groups in total. The lowest BCUT2D eigenvalue weighted by molar-refractivity contribution is -0.111. The lowest BCUT2D eigenvalue weighted by Crippen LogP contribution is -2.12. The largest absolute Gasteiger partial charge is 0.348 e. The first-order chi connectivity index (χ1) is 7.22. The molecular formula is C11H10N2O2. The summed E-state index contributed by atoms with van der Waals surface area (Å²) in [6.07, 6.45) is 1.20. The minimum absolute atomic E-state index is 0.0975. The highest BCUT2D eigenvalue weighted by Crippen LogP contribution is 2.23. The summed E-state index contributed by atoms with van der Waals surface area (Å²) in [5.74, 6) is -0.373. The van der Waals surface area contributed by atoms with Gasteiger partial charge in [0.1, 0.15) is 0 Å². The van der Waals surface area contributed by atoms with E-state index in [1.54, 1.807) is 18.2 Å². The number of hydrogen-bond acceptors (Lipinski definition) is 2. The van der Waals surface area contributed by atoms with Crippen LogP contribution in [-0.2, 0) is 11.3 Å². The SMILES string of the molecule is C=CC(=O)Nc1cccc2c1CNC2=O. The summed E-state index contributed by atoms with van der Waals surface area (Å²) in [6.45, 7) is 3.83. The van der Waals surface area contributed by atoms with E-state index >= 15 is 0 Å². The fourth-order valence-electron chi connectivity index (χ4n) is 1.55. The van der Waals surface area contributed by atoms with Crippen LogP contribution in [0.4, 0.5) is 5.69 Å². The molecule has 1 aromatic carbocycles. The van der Waals surface area contributed by atoms with Gasteiger partial charge in [-0.2, -0.15) is 0 Å². The quantitative estimate of drug-likeness (QED) is 0.704. The predicted molar refractivity (Wildman–Crippen MR) is 56.4 cm³/mol. The van der Waals surface area contributed by atoms with Crippen LogP contribution in [-0.4, -0.2) is 11.8 Å². The number of hydrogen-bond donors (Lipinski definition) is 2. The fraction of sp³-hybridized carbons (Fsp3) is 0.0909. The molecule has 1 aliphatic heterocycles. The Morgan fingerprint density at radius 3 is 3.07 bits per heavy atom. The maximum Gasteiger partial charge on any atom is 0.251 e. The molecule has 1 heterocycles. The lowest BCUT2D eigenvalue weighted by atomic mass is 10.1. The molecule has 0 unspecified atom stereocenters. The number of amides is 2. The first-order valence-corrected chi connectivity index (χ1v) is 4.56. The van der Waals surface area contributed by atoms with Gasteiger partial charge in [-0.25, -0.2) is 0 Å². The number of rotatable bonds is 2. The highest BCUT2D eigenvalue weighted by Gasteiger charge is 2.21. The highest BCUT2D eigenvalue weighted by atomic mass is 16.2. The van der Waals surface area contributed by atoms with Crippen LogP contribution in [0.1, 0.15) is 15.9 Å².